The number of nitrogens with two attached hydrogens (primary N) is 1. The van der Waals surface area contributed by atoms with Gasteiger partial charge in [-0.15, -0.1) is 0 Å². The average Bonchev–Trinajstić information content (AvgIpc) is 2.10. The van der Waals surface area contributed by atoms with Crippen LogP contribution in [0.15, 0.2) is 4.42 Å². The quantitative estimate of drug-likeness (QED) is 0.696. The molecule has 3 nitrogen and oxygen atoms in total. The molecular formula is C8H14N2O. The molecule has 0 aliphatic carbocycles. The molecule has 0 spiro atoms. The number of aromatic nitrogens is 1. The predicted molar refractivity (Wildman–Crippen MR) is 43.3 cm³/mol. The molecule has 11 heavy (non-hydrogen) atoms. The molecule has 1 atom stereocenters. The lowest BCUT2D eigenvalue weighted by molar-refractivity contribution is 0.456. The molecule has 0 fully saturated rings. The van der Waals surface area contributed by atoms with Crippen LogP contribution < -0.4 is 5.73 Å². The van der Waals surface area contributed by atoms with Crippen molar-refractivity contribution in [2.45, 2.75) is 33.2 Å². The number of aryl methyl sites for hydroxylation is 2. The van der Waals surface area contributed by atoms with Gasteiger partial charge in [-0.3, -0.25) is 0 Å². The maximum atomic E-state index is 5.58. The normalized spacial score (nSPS) is 13.5. The molecule has 0 aromatic carbocycles. The maximum Gasteiger partial charge on any atom is 0.196 e. The molecule has 1 aromatic heterocycles. The van der Waals surface area contributed by atoms with Crippen molar-refractivity contribution in [1.82, 2.24) is 4.98 Å². The van der Waals surface area contributed by atoms with Crippen molar-refractivity contribution in [2.24, 2.45) is 5.73 Å². The lowest BCUT2D eigenvalue weighted by Gasteiger charge is -1.97. The van der Waals surface area contributed by atoms with E-state index in [1.165, 1.54) is 0 Å². The van der Waals surface area contributed by atoms with Crippen LogP contribution in [-0.2, 0) is 6.42 Å². The number of rotatable bonds is 2. The first-order valence-corrected chi connectivity index (χ1v) is 3.78. The summed E-state index contributed by atoms with van der Waals surface area (Å²) < 4.78 is 5.33. The lowest BCUT2D eigenvalue weighted by Crippen LogP contribution is -2.17. The van der Waals surface area contributed by atoms with E-state index in [1.807, 2.05) is 20.8 Å². The molecule has 0 bridgehead atoms. The van der Waals surface area contributed by atoms with E-state index in [1.54, 1.807) is 0 Å². The highest BCUT2D eigenvalue weighted by Gasteiger charge is 2.06. The van der Waals surface area contributed by atoms with E-state index in [-0.39, 0.29) is 6.04 Å². The maximum absolute atomic E-state index is 5.58. The highest BCUT2D eigenvalue weighted by molar-refractivity contribution is 5.05. The molecule has 0 aliphatic heterocycles. The second-order valence-corrected chi connectivity index (χ2v) is 2.93. The van der Waals surface area contributed by atoms with Crippen molar-refractivity contribution < 1.29 is 4.42 Å². The summed E-state index contributed by atoms with van der Waals surface area (Å²) in [4.78, 5) is 4.20. The Kier molecular flexibility index (Phi) is 2.29. The SMILES string of the molecule is Cc1nc(C[C@@H](C)N)oc1C. The molecule has 1 heterocycles. The van der Waals surface area contributed by atoms with Gasteiger partial charge in [0, 0.05) is 12.5 Å². The zero-order chi connectivity index (χ0) is 8.43. The van der Waals surface area contributed by atoms with Crippen molar-refractivity contribution in [2.75, 3.05) is 0 Å². The fraction of sp³-hybridized carbons (Fsp3) is 0.625. The number of nitrogens with zero attached hydrogens (tertiary/aromatic N) is 1. The Hall–Kier alpha value is -0.830. The summed E-state index contributed by atoms with van der Waals surface area (Å²) in [7, 11) is 0. The van der Waals surface area contributed by atoms with E-state index in [0.717, 1.165) is 17.3 Å². The predicted octanol–water partition coefficient (Wildman–Crippen LogP) is 1.18. The van der Waals surface area contributed by atoms with E-state index in [4.69, 9.17) is 10.2 Å². The monoisotopic (exact) mass is 154 g/mol. The number of oxazole rings is 1. The first-order valence-electron chi connectivity index (χ1n) is 3.78. The molecule has 62 valence electrons. The standard InChI is InChI=1S/C8H14N2O/c1-5(9)4-8-10-6(2)7(3)11-8/h5H,4,9H2,1-3H3/t5-/m1/s1. The van der Waals surface area contributed by atoms with Crippen LogP contribution in [0.5, 0.6) is 0 Å². The molecule has 0 unspecified atom stereocenters. The summed E-state index contributed by atoms with van der Waals surface area (Å²) in [6.07, 6.45) is 0.717. The highest BCUT2D eigenvalue weighted by atomic mass is 16.4. The molecule has 1 aromatic rings. The summed E-state index contributed by atoms with van der Waals surface area (Å²) in [6, 6.07) is 0.118. The Morgan fingerprint density at radius 3 is 2.55 bits per heavy atom. The van der Waals surface area contributed by atoms with Gasteiger partial charge in [0.1, 0.15) is 5.76 Å². The molecule has 0 saturated heterocycles. The largest absolute Gasteiger partial charge is 0.446 e. The third-order valence-electron chi connectivity index (χ3n) is 1.57. The molecule has 2 N–H and O–H groups in total. The second-order valence-electron chi connectivity index (χ2n) is 2.93. The van der Waals surface area contributed by atoms with E-state index in [0.29, 0.717) is 6.42 Å². The van der Waals surface area contributed by atoms with Crippen LogP contribution in [0.25, 0.3) is 0 Å². The lowest BCUT2D eigenvalue weighted by atomic mass is 10.2. The minimum atomic E-state index is 0.118. The third-order valence-corrected chi connectivity index (χ3v) is 1.57. The number of hydrogen-bond donors (Lipinski definition) is 1. The third kappa shape index (κ3) is 2.05. The van der Waals surface area contributed by atoms with Crippen LogP contribution in [-0.4, -0.2) is 11.0 Å². The first-order chi connectivity index (χ1) is 5.09. The topological polar surface area (TPSA) is 52.0 Å². The average molecular weight is 154 g/mol. The zero-order valence-corrected chi connectivity index (χ0v) is 7.22. The Bertz CT molecular complexity index is 221. The van der Waals surface area contributed by atoms with Crippen LogP contribution in [0.1, 0.15) is 24.3 Å². The Morgan fingerprint density at radius 1 is 1.55 bits per heavy atom. The van der Waals surface area contributed by atoms with Crippen molar-refractivity contribution in [3.63, 3.8) is 0 Å². The van der Waals surface area contributed by atoms with Crippen molar-refractivity contribution >= 4 is 0 Å². The summed E-state index contributed by atoms with van der Waals surface area (Å²) in [6.45, 7) is 5.78. The van der Waals surface area contributed by atoms with Crippen LogP contribution in [0.4, 0.5) is 0 Å². The fourth-order valence-corrected chi connectivity index (χ4v) is 0.902. The zero-order valence-electron chi connectivity index (χ0n) is 7.22. The minimum Gasteiger partial charge on any atom is -0.446 e. The van der Waals surface area contributed by atoms with Crippen LogP contribution in [0, 0.1) is 13.8 Å². The van der Waals surface area contributed by atoms with Crippen LogP contribution in [0.3, 0.4) is 0 Å². The van der Waals surface area contributed by atoms with Gasteiger partial charge in [0.05, 0.1) is 5.69 Å². The molecule has 0 saturated carbocycles. The van der Waals surface area contributed by atoms with Crippen LogP contribution >= 0.6 is 0 Å². The summed E-state index contributed by atoms with van der Waals surface area (Å²) in [5.74, 6) is 1.63. The van der Waals surface area contributed by atoms with E-state index < -0.39 is 0 Å². The Morgan fingerprint density at radius 2 is 2.18 bits per heavy atom. The molecular weight excluding hydrogens is 140 g/mol. The number of hydrogen-bond acceptors (Lipinski definition) is 3. The van der Waals surface area contributed by atoms with Gasteiger partial charge < -0.3 is 10.2 Å². The Labute approximate surface area is 66.6 Å². The van der Waals surface area contributed by atoms with Gasteiger partial charge in [-0.05, 0) is 20.8 Å². The minimum absolute atomic E-state index is 0.118. The Balaban J connectivity index is 2.73. The molecule has 0 aliphatic rings. The van der Waals surface area contributed by atoms with Gasteiger partial charge in [0.15, 0.2) is 5.89 Å². The van der Waals surface area contributed by atoms with Gasteiger partial charge in [-0.25, -0.2) is 4.98 Å². The van der Waals surface area contributed by atoms with E-state index in [9.17, 15) is 0 Å². The van der Waals surface area contributed by atoms with E-state index >= 15 is 0 Å². The molecule has 3 heteroatoms. The van der Waals surface area contributed by atoms with Crippen molar-refractivity contribution in [1.29, 1.82) is 0 Å². The summed E-state index contributed by atoms with van der Waals surface area (Å²) in [5, 5.41) is 0. The second kappa shape index (κ2) is 3.05. The molecule has 1 rings (SSSR count). The van der Waals surface area contributed by atoms with Crippen molar-refractivity contribution in [3.05, 3.63) is 17.3 Å². The molecule has 0 amide bonds. The summed E-state index contributed by atoms with van der Waals surface area (Å²) in [5.41, 5.74) is 6.54. The van der Waals surface area contributed by atoms with Gasteiger partial charge in [-0.2, -0.15) is 0 Å². The fourth-order valence-electron chi connectivity index (χ4n) is 0.902. The van der Waals surface area contributed by atoms with Crippen molar-refractivity contribution in [3.8, 4) is 0 Å². The first kappa shape index (κ1) is 8.27. The van der Waals surface area contributed by atoms with Crippen LogP contribution in [0.2, 0.25) is 0 Å². The van der Waals surface area contributed by atoms with Gasteiger partial charge in [0.2, 0.25) is 0 Å². The van der Waals surface area contributed by atoms with Gasteiger partial charge >= 0.3 is 0 Å². The highest BCUT2D eigenvalue weighted by Crippen LogP contribution is 2.09. The summed E-state index contributed by atoms with van der Waals surface area (Å²) >= 11 is 0. The van der Waals surface area contributed by atoms with Gasteiger partial charge in [0.25, 0.3) is 0 Å². The smallest absolute Gasteiger partial charge is 0.196 e. The molecule has 0 radical (unpaired) electrons. The van der Waals surface area contributed by atoms with Gasteiger partial charge in [-0.1, -0.05) is 0 Å². The van der Waals surface area contributed by atoms with E-state index in [2.05, 4.69) is 4.98 Å².